The maximum atomic E-state index is 12.1. The normalized spacial score (nSPS) is 10.8. The van der Waals surface area contributed by atoms with E-state index in [0.717, 1.165) is 26.6 Å². The molecule has 0 unspecified atom stereocenters. The highest BCUT2D eigenvalue weighted by Crippen LogP contribution is 2.26. The molecule has 0 aliphatic rings. The fourth-order valence-corrected chi connectivity index (χ4v) is 2.73. The number of nitrogens with one attached hydrogen (secondary N) is 2. The minimum absolute atomic E-state index is 0.0611. The van der Waals surface area contributed by atoms with Crippen LogP contribution in [0.5, 0.6) is 0 Å². The van der Waals surface area contributed by atoms with Crippen LogP contribution in [0.3, 0.4) is 0 Å². The summed E-state index contributed by atoms with van der Waals surface area (Å²) in [6.45, 7) is 0. The predicted octanol–water partition coefficient (Wildman–Crippen LogP) is 4.77. The average Bonchev–Trinajstić information content (AvgIpc) is 2.86. The van der Waals surface area contributed by atoms with Crippen LogP contribution in [0.4, 0.5) is 5.69 Å². The van der Waals surface area contributed by atoms with Crippen LogP contribution in [0.15, 0.2) is 53.1 Å². The second kappa shape index (κ2) is 5.92. The van der Waals surface area contributed by atoms with Crippen LogP contribution in [0.2, 0.25) is 5.02 Å². The number of anilines is 1. The van der Waals surface area contributed by atoms with Crippen molar-refractivity contribution in [1.82, 2.24) is 4.98 Å². The number of para-hydroxylation sites is 1. The molecule has 0 fully saturated rings. The largest absolute Gasteiger partial charge is 0.361 e. The van der Waals surface area contributed by atoms with Gasteiger partial charge in [-0.15, -0.1) is 0 Å². The summed E-state index contributed by atoms with van der Waals surface area (Å²) in [4.78, 5) is 15.3. The van der Waals surface area contributed by atoms with Gasteiger partial charge in [-0.25, -0.2) is 0 Å². The Balaban J connectivity index is 1.75. The van der Waals surface area contributed by atoms with Crippen LogP contribution in [-0.2, 0) is 11.2 Å². The van der Waals surface area contributed by atoms with Crippen molar-refractivity contribution in [1.29, 1.82) is 0 Å². The van der Waals surface area contributed by atoms with Gasteiger partial charge in [0.05, 0.1) is 11.4 Å². The van der Waals surface area contributed by atoms with Crippen molar-refractivity contribution in [2.24, 2.45) is 0 Å². The van der Waals surface area contributed by atoms with E-state index in [1.54, 1.807) is 18.2 Å². The number of aromatic amines is 1. The summed E-state index contributed by atoms with van der Waals surface area (Å²) >= 11 is 9.27. The van der Waals surface area contributed by atoms with Gasteiger partial charge in [-0.3, -0.25) is 4.79 Å². The summed E-state index contributed by atoms with van der Waals surface area (Å²) in [7, 11) is 0. The lowest BCUT2D eigenvalue weighted by Crippen LogP contribution is -2.14. The molecule has 3 aromatic rings. The Kier molecular flexibility index (Phi) is 3.99. The van der Waals surface area contributed by atoms with E-state index in [1.807, 2.05) is 30.5 Å². The number of amides is 1. The first-order chi connectivity index (χ1) is 10.1. The average molecular weight is 364 g/mol. The van der Waals surface area contributed by atoms with E-state index < -0.39 is 0 Å². The van der Waals surface area contributed by atoms with Gasteiger partial charge in [0.25, 0.3) is 0 Å². The van der Waals surface area contributed by atoms with E-state index in [4.69, 9.17) is 11.6 Å². The van der Waals surface area contributed by atoms with Gasteiger partial charge >= 0.3 is 0 Å². The van der Waals surface area contributed by atoms with E-state index in [1.165, 1.54) is 0 Å². The number of hydrogen-bond acceptors (Lipinski definition) is 1. The number of carbonyl (C=O) groups is 1. The van der Waals surface area contributed by atoms with Crippen molar-refractivity contribution in [3.8, 4) is 0 Å². The van der Waals surface area contributed by atoms with Crippen LogP contribution < -0.4 is 5.32 Å². The van der Waals surface area contributed by atoms with E-state index in [-0.39, 0.29) is 5.91 Å². The van der Waals surface area contributed by atoms with Crippen LogP contribution in [0, 0.1) is 0 Å². The summed E-state index contributed by atoms with van der Waals surface area (Å²) in [5, 5.41) is 4.56. The van der Waals surface area contributed by atoms with Crippen molar-refractivity contribution in [3.05, 3.63) is 63.7 Å². The molecule has 0 atom stereocenters. The van der Waals surface area contributed by atoms with Crippen LogP contribution in [0.1, 0.15) is 5.56 Å². The molecule has 5 heteroatoms. The maximum absolute atomic E-state index is 12.1. The quantitative estimate of drug-likeness (QED) is 0.692. The van der Waals surface area contributed by atoms with Crippen LogP contribution >= 0.6 is 27.5 Å². The molecule has 0 saturated heterocycles. The Morgan fingerprint density at radius 3 is 2.86 bits per heavy atom. The zero-order chi connectivity index (χ0) is 14.8. The highest BCUT2D eigenvalue weighted by molar-refractivity contribution is 9.10. The van der Waals surface area contributed by atoms with Gasteiger partial charge in [0.1, 0.15) is 0 Å². The van der Waals surface area contributed by atoms with Crippen molar-refractivity contribution < 1.29 is 4.79 Å². The van der Waals surface area contributed by atoms with E-state index in [9.17, 15) is 4.79 Å². The summed E-state index contributed by atoms with van der Waals surface area (Å²) in [5.41, 5.74) is 2.74. The van der Waals surface area contributed by atoms with E-state index >= 15 is 0 Å². The molecule has 1 heterocycles. The van der Waals surface area contributed by atoms with Crippen LogP contribution in [-0.4, -0.2) is 10.9 Å². The van der Waals surface area contributed by atoms with Crippen molar-refractivity contribution in [3.63, 3.8) is 0 Å². The van der Waals surface area contributed by atoms with Gasteiger partial charge in [-0.1, -0.05) is 29.8 Å². The van der Waals surface area contributed by atoms with E-state index in [2.05, 4.69) is 26.2 Å². The number of rotatable bonds is 3. The number of hydrogen-bond donors (Lipinski definition) is 2. The first kappa shape index (κ1) is 14.2. The Labute approximate surface area is 135 Å². The Morgan fingerprint density at radius 2 is 2.05 bits per heavy atom. The fraction of sp³-hybridized carbons (Fsp3) is 0.0625. The highest BCUT2D eigenvalue weighted by atomic mass is 79.9. The number of fused-ring (bicyclic) bond motifs is 1. The third kappa shape index (κ3) is 3.12. The molecule has 0 aliphatic carbocycles. The predicted molar refractivity (Wildman–Crippen MR) is 89.8 cm³/mol. The molecule has 0 bridgehead atoms. The first-order valence-corrected chi connectivity index (χ1v) is 7.60. The molecule has 0 radical (unpaired) electrons. The van der Waals surface area contributed by atoms with Crippen molar-refractivity contribution in [2.75, 3.05) is 5.32 Å². The zero-order valence-corrected chi connectivity index (χ0v) is 13.3. The summed E-state index contributed by atoms with van der Waals surface area (Å²) < 4.78 is 0.758. The SMILES string of the molecule is O=C(Cc1c[nH]c2ccccc12)Nc1ccc(Cl)c(Br)c1. The van der Waals surface area contributed by atoms with Crippen molar-refractivity contribution in [2.45, 2.75) is 6.42 Å². The minimum atomic E-state index is -0.0611. The van der Waals surface area contributed by atoms with Gasteiger partial charge in [0, 0.05) is 27.3 Å². The molecule has 3 nitrogen and oxygen atoms in total. The molecular formula is C16H12BrClN2O. The number of benzene rings is 2. The topological polar surface area (TPSA) is 44.9 Å². The number of halogens is 2. The molecule has 21 heavy (non-hydrogen) atoms. The lowest BCUT2D eigenvalue weighted by atomic mass is 10.1. The summed E-state index contributed by atoms with van der Waals surface area (Å²) in [5.74, 6) is -0.0611. The molecule has 0 aliphatic heterocycles. The van der Waals surface area contributed by atoms with Crippen molar-refractivity contribution >= 4 is 50.0 Å². The monoisotopic (exact) mass is 362 g/mol. The molecule has 0 saturated carbocycles. The lowest BCUT2D eigenvalue weighted by molar-refractivity contribution is -0.115. The van der Waals surface area contributed by atoms with Crippen LogP contribution in [0.25, 0.3) is 10.9 Å². The molecule has 1 aromatic heterocycles. The molecular weight excluding hydrogens is 352 g/mol. The van der Waals surface area contributed by atoms with Gasteiger partial charge in [0.15, 0.2) is 0 Å². The Morgan fingerprint density at radius 1 is 1.24 bits per heavy atom. The van der Waals surface area contributed by atoms with E-state index in [0.29, 0.717) is 11.4 Å². The third-order valence-electron chi connectivity index (χ3n) is 3.23. The fourth-order valence-electron chi connectivity index (χ4n) is 2.23. The molecule has 0 spiro atoms. The summed E-state index contributed by atoms with van der Waals surface area (Å²) in [6.07, 6.45) is 2.20. The first-order valence-electron chi connectivity index (χ1n) is 6.43. The number of H-pyrrole nitrogens is 1. The van der Waals surface area contributed by atoms with Gasteiger partial charge < -0.3 is 10.3 Å². The molecule has 1 amide bonds. The van der Waals surface area contributed by atoms with Gasteiger partial charge in [0.2, 0.25) is 5.91 Å². The minimum Gasteiger partial charge on any atom is -0.361 e. The maximum Gasteiger partial charge on any atom is 0.228 e. The smallest absolute Gasteiger partial charge is 0.228 e. The lowest BCUT2D eigenvalue weighted by Gasteiger charge is -2.06. The molecule has 106 valence electrons. The Hall–Kier alpha value is -1.78. The highest BCUT2D eigenvalue weighted by Gasteiger charge is 2.09. The number of carbonyl (C=O) groups excluding carboxylic acids is 1. The third-order valence-corrected chi connectivity index (χ3v) is 4.44. The number of aromatic nitrogens is 1. The zero-order valence-electron chi connectivity index (χ0n) is 11.0. The Bertz CT molecular complexity index is 813. The second-order valence-corrected chi connectivity index (χ2v) is 5.97. The second-order valence-electron chi connectivity index (χ2n) is 4.71. The molecule has 2 N–H and O–H groups in total. The van der Waals surface area contributed by atoms with Gasteiger partial charge in [-0.2, -0.15) is 0 Å². The standard InChI is InChI=1S/C16H12BrClN2O/c17-13-8-11(5-6-14(13)18)20-16(21)7-10-9-19-15-4-2-1-3-12(10)15/h1-6,8-9,19H,7H2,(H,20,21). The molecule has 3 rings (SSSR count). The molecule has 2 aromatic carbocycles. The van der Waals surface area contributed by atoms with Gasteiger partial charge in [-0.05, 0) is 45.8 Å². The summed E-state index contributed by atoms with van der Waals surface area (Å²) in [6, 6.07) is 13.2.